The molecule has 0 aromatic heterocycles. The van der Waals surface area contributed by atoms with Gasteiger partial charge in [0.15, 0.2) is 0 Å². The predicted molar refractivity (Wildman–Crippen MR) is 70.4 cm³/mol. The molecule has 1 aliphatic rings. The number of carbonyl (C=O) groups excluding carboxylic acids is 1. The minimum Gasteiger partial charge on any atom is -0.376 e. The Labute approximate surface area is 108 Å². The molecule has 0 spiro atoms. The van der Waals surface area contributed by atoms with Crippen LogP contribution < -0.4 is 11.1 Å². The summed E-state index contributed by atoms with van der Waals surface area (Å²) >= 11 is 0. The lowest BCUT2D eigenvalue weighted by Crippen LogP contribution is -2.64. The lowest BCUT2D eigenvalue weighted by atomic mass is 9.83. The van der Waals surface area contributed by atoms with Gasteiger partial charge >= 0.3 is 0 Å². The fourth-order valence-electron chi connectivity index (χ4n) is 2.28. The van der Waals surface area contributed by atoms with Crippen molar-refractivity contribution >= 4 is 5.91 Å². The summed E-state index contributed by atoms with van der Waals surface area (Å²) in [6.07, 6.45) is 0.866. The number of amides is 1. The third-order valence-corrected chi connectivity index (χ3v) is 3.43. The number of ether oxygens (including phenoxy) is 1. The van der Waals surface area contributed by atoms with Crippen molar-refractivity contribution in [3.8, 4) is 0 Å². The molecule has 2 rings (SSSR count). The predicted octanol–water partition coefficient (Wildman–Crippen LogP) is 1.23. The van der Waals surface area contributed by atoms with Gasteiger partial charge in [-0.1, -0.05) is 18.2 Å². The lowest BCUT2D eigenvalue weighted by Gasteiger charge is -2.42. The molecule has 0 aliphatic heterocycles. The Morgan fingerprint density at radius 2 is 2.22 bits per heavy atom. The first kappa shape index (κ1) is 13.1. The minimum absolute atomic E-state index is 0.00508. The van der Waals surface area contributed by atoms with Crippen molar-refractivity contribution in [1.82, 2.24) is 5.32 Å². The molecule has 98 valence electrons. The maximum Gasteiger partial charge on any atom is 0.251 e. The van der Waals surface area contributed by atoms with Gasteiger partial charge in [-0.25, -0.2) is 0 Å². The zero-order valence-corrected chi connectivity index (χ0v) is 10.8. The van der Waals surface area contributed by atoms with Crippen molar-refractivity contribution in [3.05, 3.63) is 35.4 Å². The average molecular weight is 248 g/mol. The number of rotatable bonds is 4. The Balaban J connectivity index is 2.01. The molecule has 0 bridgehead atoms. The molecule has 4 nitrogen and oxygen atoms in total. The van der Waals surface area contributed by atoms with Gasteiger partial charge in [0, 0.05) is 18.2 Å². The van der Waals surface area contributed by atoms with Gasteiger partial charge < -0.3 is 15.8 Å². The van der Waals surface area contributed by atoms with E-state index in [9.17, 15) is 4.79 Å². The molecule has 3 N–H and O–H groups in total. The molecule has 3 atom stereocenters. The zero-order chi connectivity index (χ0) is 13.1. The molecule has 1 amide bonds. The largest absolute Gasteiger partial charge is 0.376 e. The first-order chi connectivity index (χ1) is 8.63. The lowest BCUT2D eigenvalue weighted by molar-refractivity contribution is -0.0300. The highest BCUT2D eigenvalue weighted by atomic mass is 16.5. The second-order valence-electron chi connectivity index (χ2n) is 4.71. The molecule has 0 saturated heterocycles. The standard InChI is InChI=1S/C14H20N2O2/c1-3-18-12-8-11(15)13(12)16-14(17)10-7-5-4-6-9(10)2/h4-7,11-13H,3,8,15H2,1-2H3,(H,16,17). The maximum atomic E-state index is 12.1. The number of nitrogens with one attached hydrogen (secondary N) is 1. The van der Waals surface area contributed by atoms with Crippen LogP contribution in [0.1, 0.15) is 29.3 Å². The van der Waals surface area contributed by atoms with Gasteiger partial charge in [-0.3, -0.25) is 4.79 Å². The van der Waals surface area contributed by atoms with Crippen LogP contribution in [-0.2, 0) is 4.74 Å². The van der Waals surface area contributed by atoms with Gasteiger partial charge in [-0.05, 0) is 31.9 Å². The zero-order valence-electron chi connectivity index (χ0n) is 10.8. The molecule has 18 heavy (non-hydrogen) atoms. The average Bonchev–Trinajstić information content (AvgIpc) is 2.36. The first-order valence-electron chi connectivity index (χ1n) is 6.37. The molecular weight excluding hydrogens is 228 g/mol. The van der Waals surface area contributed by atoms with Crippen LogP contribution in [0.3, 0.4) is 0 Å². The number of aryl methyl sites for hydroxylation is 1. The third kappa shape index (κ3) is 2.54. The SMILES string of the molecule is CCOC1CC(N)C1NC(=O)c1ccccc1C. The Kier molecular flexibility index (Phi) is 3.99. The van der Waals surface area contributed by atoms with Crippen LogP contribution in [0.15, 0.2) is 24.3 Å². The Morgan fingerprint density at radius 1 is 1.50 bits per heavy atom. The van der Waals surface area contributed by atoms with Crippen LogP contribution in [0.2, 0.25) is 0 Å². The Bertz CT molecular complexity index is 432. The van der Waals surface area contributed by atoms with Gasteiger partial charge in [0.1, 0.15) is 0 Å². The molecule has 1 fully saturated rings. The van der Waals surface area contributed by atoms with E-state index in [2.05, 4.69) is 5.32 Å². The number of nitrogens with two attached hydrogens (primary N) is 1. The van der Waals surface area contributed by atoms with Crippen LogP contribution in [-0.4, -0.2) is 30.7 Å². The van der Waals surface area contributed by atoms with E-state index in [4.69, 9.17) is 10.5 Å². The maximum absolute atomic E-state index is 12.1. The summed E-state index contributed by atoms with van der Waals surface area (Å²) in [4.78, 5) is 12.1. The van der Waals surface area contributed by atoms with E-state index in [0.29, 0.717) is 12.2 Å². The fraction of sp³-hybridized carbons (Fsp3) is 0.500. The molecule has 1 aliphatic carbocycles. The molecule has 4 heteroatoms. The van der Waals surface area contributed by atoms with E-state index in [1.165, 1.54) is 0 Å². The summed E-state index contributed by atoms with van der Waals surface area (Å²) in [5.41, 5.74) is 7.58. The highest BCUT2D eigenvalue weighted by Gasteiger charge is 2.40. The number of hydrogen-bond acceptors (Lipinski definition) is 3. The highest BCUT2D eigenvalue weighted by Crippen LogP contribution is 2.23. The van der Waals surface area contributed by atoms with E-state index in [-0.39, 0.29) is 24.1 Å². The normalized spacial score (nSPS) is 26.5. The van der Waals surface area contributed by atoms with Crippen LogP contribution in [0, 0.1) is 6.92 Å². The molecular formula is C14H20N2O2. The third-order valence-electron chi connectivity index (χ3n) is 3.43. The van der Waals surface area contributed by atoms with Gasteiger partial charge in [0.2, 0.25) is 0 Å². The number of hydrogen-bond donors (Lipinski definition) is 2. The van der Waals surface area contributed by atoms with Crippen molar-refractivity contribution in [2.75, 3.05) is 6.61 Å². The van der Waals surface area contributed by atoms with E-state index >= 15 is 0 Å². The molecule has 1 saturated carbocycles. The summed E-state index contributed by atoms with van der Waals surface area (Å²) in [5, 5.41) is 2.97. The van der Waals surface area contributed by atoms with E-state index in [1.54, 1.807) is 0 Å². The molecule has 0 radical (unpaired) electrons. The van der Waals surface area contributed by atoms with E-state index in [0.717, 1.165) is 12.0 Å². The van der Waals surface area contributed by atoms with Crippen LogP contribution in [0.25, 0.3) is 0 Å². The van der Waals surface area contributed by atoms with Crippen LogP contribution in [0.4, 0.5) is 0 Å². The summed E-state index contributed by atoms with van der Waals surface area (Å²) in [7, 11) is 0. The van der Waals surface area contributed by atoms with Crippen molar-refractivity contribution in [3.63, 3.8) is 0 Å². The Morgan fingerprint density at radius 3 is 2.83 bits per heavy atom. The number of carbonyl (C=O) groups is 1. The van der Waals surface area contributed by atoms with Gasteiger partial charge in [-0.2, -0.15) is 0 Å². The van der Waals surface area contributed by atoms with E-state index < -0.39 is 0 Å². The second kappa shape index (κ2) is 5.50. The summed E-state index contributed by atoms with van der Waals surface area (Å²) < 4.78 is 5.53. The van der Waals surface area contributed by atoms with E-state index in [1.807, 2.05) is 38.1 Å². The van der Waals surface area contributed by atoms with Crippen molar-refractivity contribution < 1.29 is 9.53 Å². The monoisotopic (exact) mass is 248 g/mol. The van der Waals surface area contributed by atoms with Crippen molar-refractivity contribution in [2.45, 2.75) is 38.5 Å². The second-order valence-corrected chi connectivity index (χ2v) is 4.71. The molecule has 3 unspecified atom stereocenters. The van der Waals surface area contributed by atoms with Crippen LogP contribution in [0.5, 0.6) is 0 Å². The molecule has 1 aromatic carbocycles. The molecule has 1 aromatic rings. The number of benzene rings is 1. The fourth-order valence-corrected chi connectivity index (χ4v) is 2.28. The van der Waals surface area contributed by atoms with Gasteiger partial charge in [0.25, 0.3) is 5.91 Å². The van der Waals surface area contributed by atoms with Gasteiger partial charge in [0.05, 0.1) is 12.1 Å². The summed E-state index contributed by atoms with van der Waals surface area (Å²) in [6, 6.07) is 7.46. The first-order valence-corrected chi connectivity index (χ1v) is 6.37. The molecule has 0 heterocycles. The van der Waals surface area contributed by atoms with Gasteiger partial charge in [-0.15, -0.1) is 0 Å². The summed E-state index contributed by atoms with van der Waals surface area (Å²) in [6.45, 7) is 4.52. The van der Waals surface area contributed by atoms with Crippen LogP contribution >= 0.6 is 0 Å². The smallest absolute Gasteiger partial charge is 0.251 e. The van der Waals surface area contributed by atoms with Crippen molar-refractivity contribution in [2.24, 2.45) is 5.73 Å². The summed E-state index contributed by atoms with van der Waals surface area (Å²) in [5.74, 6) is -0.0713. The Hall–Kier alpha value is -1.39. The minimum atomic E-state index is -0.0722. The van der Waals surface area contributed by atoms with Crippen molar-refractivity contribution in [1.29, 1.82) is 0 Å². The quantitative estimate of drug-likeness (QED) is 0.842. The topological polar surface area (TPSA) is 64.3 Å². The highest BCUT2D eigenvalue weighted by molar-refractivity contribution is 5.95.